The summed E-state index contributed by atoms with van der Waals surface area (Å²) in [5.41, 5.74) is 2.83. The lowest BCUT2D eigenvalue weighted by Crippen LogP contribution is -2.42. The zero-order valence-electron chi connectivity index (χ0n) is 11.7. The van der Waals surface area contributed by atoms with Crippen molar-refractivity contribution in [3.05, 3.63) is 17.0 Å². The lowest BCUT2D eigenvalue weighted by Gasteiger charge is -2.35. The highest BCUT2D eigenvalue weighted by molar-refractivity contribution is 5.94. The summed E-state index contributed by atoms with van der Waals surface area (Å²) in [5, 5.41) is 10.6. The zero-order valence-corrected chi connectivity index (χ0v) is 11.7. The predicted octanol–water partition coefficient (Wildman–Crippen LogP) is 1.17. The lowest BCUT2D eigenvalue weighted by atomic mass is 9.88. The minimum absolute atomic E-state index is 0.0972. The standard InChI is InChI=1S/C14H22N4O/c1-9-4-6-18(8-10(9)2)14(19)13-11-7-15-5-3-12(11)16-17-13/h9-10,15H,3-8H2,1-2H3,(H,16,17). The molecule has 1 aromatic rings. The highest BCUT2D eigenvalue weighted by Crippen LogP contribution is 2.25. The number of carbonyl (C=O) groups is 1. The van der Waals surface area contributed by atoms with E-state index in [1.165, 1.54) is 0 Å². The second-order valence-electron chi connectivity index (χ2n) is 5.95. The first kappa shape index (κ1) is 12.7. The van der Waals surface area contributed by atoms with E-state index < -0.39 is 0 Å². The maximum atomic E-state index is 12.6. The van der Waals surface area contributed by atoms with E-state index in [0.717, 1.165) is 50.3 Å². The minimum Gasteiger partial charge on any atom is -0.337 e. The summed E-state index contributed by atoms with van der Waals surface area (Å²) in [7, 11) is 0. The molecule has 1 aromatic heterocycles. The minimum atomic E-state index is 0.0972. The van der Waals surface area contributed by atoms with Gasteiger partial charge in [0, 0.05) is 43.9 Å². The average molecular weight is 262 g/mol. The first-order chi connectivity index (χ1) is 9.16. The Morgan fingerprint density at radius 2 is 2.21 bits per heavy atom. The number of nitrogens with zero attached hydrogens (tertiary/aromatic N) is 2. The van der Waals surface area contributed by atoms with Gasteiger partial charge in [0.25, 0.3) is 5.91 Å². The van der Waals surface area contributed by atoms with E-state index in [-0.39, 0.29) is 5.91 Å². The number of aromatic nitrogens is 2. The van der Waals surface area contributed by atoms with Crippen molar-refractivity contribution >= 4 is 5.91 Å². The number of hydrogen-bond acceptors (Lipinski definition) is 3. The van der Waals surface area contributed by atoms with Crippen molar-refractivity contribution in [2.24, 2.45) is 11.8 Å². The molecule has 3 rings (SSSR count). The normalized spacial score (nSPS) is 27.2. The number of rotatable bonds is 1. The number of fused-ring (bicyclic) bond motifs is 1. The van der Waals surface area contributed by atoms with Gasteiger partial charge in [0.05, 0.1) is 0 Å². The summed E-state index contributed by atoms with van der Waals surface area (Å²) in [6.45, 7) is 7.93. The van der Waals surface area contributed by atoms with Crippen molar-refractivity contribution in [3.8, 4) is 0 Å². The number of piperidine rings is 1. The quantitative estimate of drug-likeness (QED) is 0.799. The third kappa shape index (κ3) is 2.27. The van der Waals surface area contributed by atoms with Gasteiger partial charge in [0.2, 0.25) is 0 Å². The van der Waals surface area contributed by atoms with Gasteiger partial charge in [-0.2, -0.15) is 5.10 Å². The molecule has 104 valence electrons. The van der Waals surface area contributed by atoms with Gasteiger partial charge in [0.15, 0.2) is 5.69 Å². The number of nitrogens with one attached hydrogen (secondary N) is 2. The van der Waals surface area contributed by atoms with Gasteiger partial charge < -0.3 is 10.2 Å². The fourth-order valence-electron chi connectivity index (χ4n) is 3.00. The Hall–Kier alpha value is -1.36. The summed E-state index contributed by atoms with van der Waals surface area (Å²) in [6.07, 6.45) is 2.03. The molecular weight excluding hydrogens is 240 g/mol. The summed E-state index contributed by atoms with van der Waals surface area (Å²) in [5.74, 6) is 1.38. The monoisotopic (exact) mass is 262 g/mol. The van der Waals surface area contributed by atoms with E-state index in [2.05, 4.69) is 29.4 Å². The molecule has 2 atom stereocenters. The van der Waals surface area contributed by atoms with Gasteiger partial charge in [-0.05, 0) is 18.3 Å². The van der Waals surface area contributed by atoms with Crippen LogP contribution in [0.15, 0.2) is 0 Å². The second-order valence-corrected chi connectivity index (χ2v) is 5.95. The van der Waals surface area contributed by atoms with Gasteiger partial charge in [-0.25, -0.2) is 0 Å². The second kappa shape index (κ2) is 4.96. The Morgan fingerprint density at radius 1 is 1.37 bits per heavy atom. The van der Waals surface area contributed by atoms with Crippen molar-refractivity contribution in [1.82, 2.24) is 20.4 Å². The van der Waals surface area contributed by atoms with Crippen LogP contribution in [0.1, 0.15) is 42.0 Å². The molecule has 2 unspecified atom stereocenters. The van der Waals surface area contributed by atoms with Crippen LogP contribution in [0.4, 0.5) is 0 Å². The molecule has 5 nitrogen and oxygen atoms in total. The number of likely N-dealkylation sites (tertiary alicyclic amines) is 1. The molecule has 1 fully saturated rings. The van der Waals surface area contributed by atoms with Crippen LogP contribution in [-0.2, 0) is 13.0 Å². The van der Waals surface area contributed by atoms with Crippen LogP contribution in [0.25, 0.3) is 0 Å². The van der Waals surface area contributed by atoms with Gasteiger partial charge >= 0.3 is 0 Å². The van der Waals surface area contributed by atoms with Gasteiger partial charge in [0.1, 0.15) is 0 Å². The molecule has 0 radical (unpaired) electrons. The van der Waals surface area contributed by atoms with Crippen LogP contribution in [0.5, 0.6) is 0 Å². The maximum absolute atomic E-state index is 12.6. The summed E-state index contributed by atoms with van der Waals surface area (Å²) >= 11 is 0. The van der Waals surface area contributed by atoms with E-state index in [0.29, 0.717) is 17.5 Å². The first-order valence-corrected chi connectivity index (χ1v) is 7.23. The highest BCUT2D eigenvalue weighted by Gasteiger charge is 2.30. The number of hydrogen-bond donors (Lipinski definition) is 2. The molecule has 0 spiro atoms. The predicted molar refractivity (Wildman–Crippen MR) is 72.8 cm³/mol. The maximum Gasteiger partial charge on any atom is 0.274 e. The molecule has 2 aliphatic rings. The van der Waals surface area contributed by atoms with Crippen LogP contribution >= 0.6 is 0 Å². The van der Waals surface area contributed by atoms with Crippen LogP contribution in [0.2, 0.25) is 0 Å². The third-order valence-corrected chi connectivity index (χ3v) is 4.63. The zero-order chi connectivity index (χ0) is 13.4. The molecule has 1 amide bonds. The van der Waals surface area contributed by atoms with Crippen molar-refractivity contribution in [3.63, 3.8) is 0 Å². The summed E-state index contributed by atoms with van der Waals surface area (Å²) in [4.78, 5) is 14.6. The summed E-state index contributed by atoms with van der Waals surface area (Å²) in [6, 6.07) is 0. The van der Waals surface area contributed by atoms with Crippen LogP contribution in [0, 0.1) is 11.8 Å². The fraction of sp³-hybridized carbons (Fsp3) is 0.714. The van der Waals surface area contributed by atoms with Crippen molar-refractivity contribution < 1.29 is 4.79 Å². The molecule has 0 bridgehead atoms. The van der Waals surface area contributed by atoms with Gasteiger partial charge in [-0.1, -0.05) is 13.8 Å². The first-order valence-electron chi connectivity index (χ1n) is 7.23. The molecule has 5 heteroatoms. The van der Waals surface area contributed by atoms with E-state index >= 15 is 0 Å². The number of H-pyrrole nitrogens is 1. The van der Waals surface area contributed by atoms with Gasteiger partial charge in [-0.3, -0.25) is 9.89 Å². The van der Waals surface area contributed by atoms with Crippen LogP contribution in [-0.4, -0.2) is 40.6 Å². The number of carbonyl (C=O) groups excluding carboxylic acids is 1. The number of aromatic amines is 1. The topological polar surface area (TPSA) is 61.0 Å². The molecule has 0 aliphatic carbocycles. The molecule has 1 saturated heterocycles. The van der Waals surface area contributed by atoms with E-state index in [9.17, 15) is 4.79 Å². The van der Waals surface area contributed by atoms with E-state index in [1.807, 2.05) is 4.90 Å². The number of amides is 1. The Balaban J connectivity index is 1.79. The molecule has 3 heterocycles. The van der Waals surface area contributed by atoms with E-state index in [4.69, 9.17) is 0 Å². The Labute approximate surface area is 113 Å². The molecular formula is C14H22N4O. The van der Waals surface area contributed by atoms with Crippen LogP contribution < -0.4 is 5.32 Å². The Morgan fingerprint density at radius 3 is 3.00 bits per heavy atom. The van der Waals surface area contributed by atoms with Crippen LogP contribution in [0.3, 0.4) is 0 Å². The molecule has 19 heavy (non-hydrogen) atoms. The van der Waals surface area contributed by atoms with Crippen molar-refractivity contribution in [2.45, 2.75) is 33.2 Å². The molecule has 0 aromatic carbocycles. The van der Waals surface area contributed by atoms with E-state index in [1.54, 1.807) is 0 Å². The third-order valence-electron chi connectivity index (χ3n) is 4.63. The lowest BCUT2D eigenvalue weighted by molar-refractivity contribution is 0.0620. The Bertz CT molecular complexity index is 482. The van der Waals surface area contributed by atoms with Gasteiger partial charge in [-0.15, -0.1) is 0 Å². The fourth-order valence-corrected chi connectivity index (χ4v) is 3.00. The highest BCUT2D eigenvalue weighted by atomic mass is 16.2. The largest absolute Gasteiger partial charge is 0.337 e. The van der Waals surface area contributed by atoms with Crippen molar-refractivity contribution in [1.29, 1.82) is 0 Å². The molecule has 0 saturated carbocycles. The molecule has 2 aliphatic heterocycles. The SMILES string of the molecule is CC1CCN(C(=O)c2n[nH]c3c2CNCC3)CC1C. The molecule has 2 N–H and O–H groups in total. The summed E-state index contributed by atoms with van der Waals surface area (Å²) < 4.78 is 0. The smallest absolute Gasteiger partial charge is 0.274 e. The average Bonchev–Trinajstić information content (AvgIpc) is 2.85. The Kier molecular flexibility index (Phi) is 3.31. The van der Waals surface area contributed by atoms with Crippen molar-refractivity contribution in [2.75, 3.05) is 19.6 Å².